The lowest BCUT2D eigenvalue weighted by molar-refractivity contribution is 0.144. The molecule has 0 spiro atoms. The van der Waals surface area contributed by atoms with Crippen molar-refractivity contribution in [1.29, 1.82) is 0 Å². The van der Waals surface area contributed by atoms with Crippen molar-refractivity contribution >= 4 is 28.5 Å². The SMILES string of the molecule is COCCOc1cc2[nH]nc(-c3cc(-c4ccc(N5CCSCC5)nc4)no3)c2cc1F. The van der Waals surface area contributed by atoms with Gasteiger partial charge in [0.1, 0.15) is 23.8 Å². The summed E-state index contributed by atoms with van der Waals surface area (Å²) in [5.41, 5.74) is 2.60. The lowest BCUT2D eigenvalue weighted by atomic mass is 10.1. The monoisotopic (exact) mass is 455 g/mol. The zero-order valence-corrected chi connectivity index (χ0v) is 18.3. The third-order valence-electron chi connectivity index (χ3n) is 5.28. The van der Waals surface area contributed by atoms with E-state index >= 15 is 0 Å². The van der Waals surface area contributed by atoms with Crippen LogP contribution in [0.2, 0.25) is 0 Å². The molecule has 1 aromatic carbocycles. The Balaban J connectivity index is 1.37. The molecule has 1 N–H and O–H groups in total. The molecule has 0 saturated carbocycles. The van der Waals surface area contributed by atoms with Gasteiger partial charge in [-0.3, -0.25) is 5.10 Å². The Labute approximate surface area is 188 Å². The second-order valence-corrected chi connectivity index (χ2v) is 8.55. The second kappa shape index (κ2) is 9.17. The van der Waals surface area contributed by atoms with E-state index < -0.39 is 5.82 Å². The Morgan fingerprint density at radius 3 is 2.84 bits per heavy atom. The molecule has 0 atom stereocenters. The molecule has 166 valence electrons. The maximum absolute atomic E-state index is 14.5. The van der Waals surface area contributed by atoms with Gasteiger partial charge in [-0.25, -0.2) is 9.37 Å². The van der Waals surface area contributed by atoms with Crippen LogP contribution in [0.5, 0.6) is 5.75 Å². The number of H-pyrrole nitrogens is 1. The summed E-state index contributed by atoms with van der Waals surface area (Å²) in [6, 6.07) is 8.73. The van der Waals surface area contributed by atoms with Gasteiger partial charge in [0.15, 0.2) is 17.3 Å². The van der Waals surface area contributed by atoms with E-state index in [0.717, 1.165) is 36.0 Å². The fourth-order valence-corrected chi connectivity index (χ4v) is 4.49. The van der Waals surface area contributed by atoms with Crippen LogP contribution < -0.4 is 9.64 Å². The number of nitrogens with one attached hydrogen (secondary N) is 1. The van der Waals surface area contributed by atoms with Crippen LogP contribution in [0.25, 0.3) is 33.6 Å². The van der Waals surface area contributed by atoms with Gasteiger partial charge in [0.2, 0.25) is 0 Å². The van der Waals surface area contributed by atoms with E-state index in [2.05, 4.69) is 25.2 Å². The molecule has 10 heteroatoms. The Morgan fingerprint density at radius 2 is 2.06 bits per heavy atom. The Morgan fingerprint density at radius 1 is 1.19 bits per heavy atom. The number of halogens is 1. The van der Waals surface area contributed by atoms with Crippen LogP contribution in [0.1, 0.15) is 0 Å². The minimum Gasteiger partial charge on any atom is -0.488 e. The molecule has 1 aliphatic heterocycles. The average Bonchev–Trinajstić information content (AvgIpc) is 3.47. The minimum atomic E-state index is -0.480. The third-order valence-corrected chi connectivity index (χ3v) is 6.23. The number of ether oxygens (including phenoxy) is 2. The first-order chi connectivity index (χ1) is 15.7. The quantitative estimate of drug-likeness (QED) is 0.419. The van der Waals surface area contributed by atoms with Crippen LogP contribution in [-0.2, 0) is 4.74 Å². The molecule has 4 heterocycles. The number of methoxy groups -OCH3 is 1. The average molecular weight is 456 g/mol. The molecular formula is C22H22FN5O3S. The van der Waals surface area contributed by atoms with Gasteiger partial charge in [0.05, 0.1) is 12.1 Å². The Hall–Kier alpha value is -3.11. The molecule has 1 aliphatic rings. The zero-order valence-electron chi connectivity index (χ0n) is 17.5. The number of hydrogen-bond acceptors (Lipinski definition) is 8. The molecule has 0 amide bonds. The number of fused-ring (bicyclic) bond motifs is 1. The molecule has 0 bridgehead atoms. The van der Waals surface area contributed by atoms with Crippen molar-refractivity contribution in [3.8, 4) is 28.5 Å². The van der Waals surface area contributed by atoms with E-state index in [1.807, 2.05) is 23.9 Å². The molecule has 32 heavy (non-hydrogen) atoms. The van der Waals surface area contributed by atoms with Crippen LogP contribution in [0.15, 0.2) is 41.1 Å². The van der Waals surface area contributed by atoms with Crippen molar-refractivity contribution < 1.29 is 18.4 Å². The zero-order chi connectivity index (χ0) is 21.9. The van der Waals surface area contributed by atoms with E-state index in [-0.39, 0.29) is 12.4 Å². The standard InChI is InChI=1S/C22H22FN5O3S/c1-29-6-7-30-19-12-18-15(10-16(19)23)22(26-25-18)20-11-17(27-31-20)14-2-3-21(24-13-14)28-4-8-32-9-5-28/h2-3,10-13H,4-9H2,1H3,(H,25,26). The van der Waals surface area contributed by atoms with E-state index in [1.165, 1.54) is 6.07 Å². The summed E-state index contributed by atoms with van der Waals surface area (Å²) >= 11 is 1.97. The fourth-order valence-electron chi connectivity index (χ4n) is 3.59. The molecular weight excluding hydrogens is 433 g/mol. The third kappa shape index (κ3) is 4.15. The first kappa shape index (κ1) is 20.8. The van der Waals surface area contributed by atoms with Gasteiger partial charge in [-0.15, -0.1) is 0 Å². The summed E-state index contributed by atoms with van der Waals surface area (Å²) in [7, 11) is 1.56. The number of benzene rings is 1. The van der Waals surface area contributed by atoms with E-state index in [4.69, 9.17) is 14.0 Å². The van der Waals surface area contributed by atoms with Gasteiger partial charge in [-0.05, 0) is 18.2 Å². The maximum atomic E-state index is 14.5. The Kier molecular flexibility index (Phi) is 5.95. The minimum absolute atomic E-state index is 0.140. The van der Waals surface area contributed by atoms with Crippen molar-refractivity contribution in [1.82, 2.24) is 20.3 Å². The van der Waals surface area contributed by atoms with Gasteiger partial charge in [-0.2, -0.15) is 16.9 Å². The van der Waals surface area contributed by atoms with E-state index in [1.54, 1.807) is 25.4 Å². The number of nitrogens with zero attached hydrogens (tertiary/aromatic N) is 4. The van der Waals surface area contributed by atoms with E-state index in [9.17, 15) is 4.39 Å². The summed E-state index contributed by atoms with van der Waals surface area (Å²) in [6.07, 6.45) is 1.80. The summed E-state index contributed by atoms with van der Waals surface area (Å²) in [4.78, 5) is 6.88. The van der Waals surface area contributed by atoms with Crippen LogP contribution in [-0.4, -0.2) is 65.3 Å². The second-order valence-electron chi connectivity index (χ2n) is 7.32. The smallest absolute Gasteiger partial charge is 0.188 e. The number of aromatic nitrogens is 4. The van der Waals surface area contributed by atoms with Crippen molar-refractivity contribution in [3.63, 3.8) is 0 Å². The molecule has 5 rings (SSSR count). The highest BCUT2D eigenvalue weighted by Crippen LogP contribution is 2.33. The number of pyridine rings is 1. The number of aromatic amines is 1. The molecule has 1 fully saturated rings. The predicted molar refractivity (Wildman–Crippen MR) is 122 cm³/mol. The number of thioether (sulfide) groups is 1. The molecule has 4 aromatic rings. The van der Waals surface area contributed by atoms with Gasteiger partial charge >= 0.3 is 0 Å². The molecule has 8 nitrogen and oxygen atoms in total. The highest BCUT2D eigenvalue weighted by Gasteiger charge is 2.18. The fraction of sp³-hybridized carbons (Fsp3) is 0.318. The summed E-state index contributed by atoms with van der Waals surface area (Å²) < 4.78 is 30.4. The van der Waals surface area contributed by atoms with Crippen LogP contribution in [0.4, 0.5) is 10.2 Å². The number of anilines is 1. The number of rotatable bonds is 7. The van der Waals surface area contributed by atoms with Crippen molar-refractivity contribution in [2.75, 3.05) is 49.8 Å². The van der Waals surface area contributed by atoms with Crippen LogP contribution in [0, 0.1) is 5.82 Å². The van der Waals surface area contributed by atoms with Gasteiger partial charge in [-0.1, -0.05) is 5.16 Å². The normalized spacial score (nSPS) is 14.2. The van der Waals surface area contributed by atoms with Gasteiger partial charge < -0.3 is 18.9 Å². The lowest BCUT2D eigenvalue weighted by Gasteiger charge is -2.27. The number of hydrogen-bond donors (Lipinski definition) is 1. The summed E-state index contributed by atoms with van der Waals surface area (Å²) in [5, 5.41) is 11.9. The molecule has 0 aliphatic carbocycles. The molecule has 0 radical (unpaired) electrons. The highest BCUT2D eigenvalue weighted by atomic mass is 32.2. The van der Waals surface area contributed by atoms with Crippen LogP contribution >= 0.6 is 11.8 Å². The molecule has 1 saturated heterocycles. The summed E-state index contributed by atoms with van der Waals surface area (Å²) in [6.45, 7) is 2.65. The van der Waals surface area contributed by atoms with Crippen molar-refractivity contribution in [2.24, 2.45) is 0 Å². The van der Waals surface area contributed by atoms with Gasteiger partial charge in [0.25, 0.3) is 0 Å². The van der Waals surface area contributed by atoms with E-state index in [0.29, 0.717) is 34.7 Å². The van der Waals surface area contributed by atoms with Crippen molar-refractivity contribution in [3.05, 3.63) is 42.3 Å². The van der Waals surface area contributed by atoms with Crippen molar-refractivity contribution in [2.45, 2.75) is 0 Å². The molecule has 3 aromatic heterocycles. The lowest BCUT2D eigenvalue weighted by Crippen LogP contribution is -2.32. The largest absolute Gasteiger partial charge is 0.488 e. The Bertz CT molecular complexity index is 1200. The predicted octanol–water partition coefficient (Wildman–Crippen LogP) is 4.00. The first-order valence-electron chi connectivity index (χ1n) is 10.3. The first-order valence-corrected chi connectivity index (χ1v) is 11.4. The van der Waals surface area contributed by atoms with Gasteiger partial charge in [0, 0.05) is 61.0 Å². The highest BCUT2D eigenvalue weighted by molar-refractivity contribution is 7.99. The molecule has 0 unspecified atom stereocenters. The maximum Gasteiger partial charge on any atom is 0.188 e. The summed E-state index contributed by atoms with van der Waals surface area (Å²) in [5.74, 6) is 3.31. The van der Waals surface area contributed by atoms with Crippen LogP contribution in [0.3, 0.4) is 0 Å². The topological polar surface area (TPSA) is 89.3 Å².